The predicted octanol–water partition coefficient (Wildman–Crippen LogP) is 2.59. The zero-order valence-corrected chi connectivity index (χ0v) is 13.4. The second-order valence-electron chi connectivity index (χ2n) is 4.84. The number of rotatable bonds is 5. The lowest BCUT2D eigenvalue weighted by Gasteiger charge is -2.08. The molecule has 0 saturated heterocycles. The Labute approximate surface area is 133 Å². The highest BCUT2D eigenvalue weighted by Crippen LogP contribution is 2.19. The van der Waals surface area contributed by atoms with E-state index in [1.54, 1.807) is 12.1 Å². The fourth-order valence-electron chi connectivity index (χ4n) is 1.86. The third-order valence-corrected chi connectivity index (χ3v) is 4.23. The lowest BCUT2D eigenvalue weighted by Crippen LogP contribution is -2.05. The van der Waals surface area contributed by atoms with E-state index in [4.69, 9.17) is 4.74 Å². The zero-order valence-electron chi connectivity index (χ0n) is 12.6. The molecule has 2 rings (SSSR count). The molecule has 0 N–H and O–H groups in total. The molecule has 7 heteroatoms. The summed E-state index contributed by atoms with van der Waals surface area (Å²) in [6.45, 7) is 0.140. The van der Waals surface area contributed by atoms with E-state index in [1.807, 2.05) is 0 Å². The molecule has 0 amide bonds. The van der Waals surface area contributed by atoms with Crippen LogP contribution in [0.25, 0.3) is 0 Å². The van der Waals surface area contributed by atoms with Gasteiger partial charge in [0.1, 0.15) is 18.2 Å². The maximum Gasteiger partial charge on any atom is 0.340 e. The van der Waals surface area contributed by atoms with Crippen LogP contribution in [-0.2, 0) is 21.2 Å². The van der Waals surface area contributed by atoms with Crippen LogP contribution in [-0.4, -0.2) is 27.8 Å². The van der Waals surface area contributed by atoms with Crippen LogP contribution in [0.1, 0.15) is 15.9 Å². The van der Waals surface area contributed by atoms with E-state index in [-0.39, 0.29) is 22.8 Å². The Balaban J connectivity index is 2.06. The largest absolute Gasteiger partial charge is 0.489 e. The zero-order chi connectivity index (χ0) is 17.0. The number of carbonyl (C=O) groups excluding carboxylic acids is 1. The second-order valence-corrected chi connectivity index (χ2v) is 6.85. The first-order valence-corrected chi connectivity index (χ1v) is 8.50. The van der Waals surface area contributed by atoms with Crippen LogP contribution in [0.4, 0.5) is 4.39 Å². The lowest BCUT2D eigenvalue weighted by molar-refractivity contribution is 0.0595. The Kier molecular flexibility index (Phi) is 5.00. The first-order chi connectivity index (χ1) is 10.8. The standard InChI is InChI=1S/C16H15FO5S/c1-21-16(18)14-8-5-12(9-15(14)17)22-10-11-3-6-13(7-4-11)23(2,19)20/h3-9H,10H2,1-2H3. The van der Waals surface area contributed by atoms with Gasteiger partial charge in [-0.05, 0) is 29.8 Å². The Morgan fingerprint density at radius 1 is 1.13 bits per heavy atom. The van der Waals surface area contributed by atoms with Gasteiger partial charge in [0, 0.05) is 12.3 Å². The second kappa shape index (κ2) is 6.78. The molecule has 0 radical (unpaired) electrons. The van der Waals surface area contributed by atoms with E-state index < -0.39 is 21.6 Å². The molecule has 0 fully saturated rings. The average molecular weight is 338 g/mol. The molecule has 0 aliphatic heterocycles. The summed E-state index contributed by atoms with van der Waals surface area (Å²) < 4.78 is 46.4. The number of carbonyl (C=O) groups is 1. The third-order valence-electron chi connectivity index (χ3n) is 3.10. The summed E-state index contributed by atoms with van der Waals surface area (Å²) in [6, 6.07) is 10.0. The summed E-state index contributed by atoms with van der Waals surface area (Å²) in [5, 5.41) is 0. The molecule has 0 aliphatic rings. The highest BCUT2D eigenvalue weighted by molar-refractivity contribution is 7.90. The van der Waals surface area contributed by atoms with Crippen LogP contribution in [0.2, 0.25) is 0 Å². The van der Waals surface area contributed by atoms with E-state index in [2.05, 4.69) is 4.74 Å². The van der Waals surface area contributed by atoms with E-state index in [0.29, 0.717) is 0 Å². The normalized spacial score (nSPS) is 11.1. The summed E-state index contributed by atoms with van der Waals surface area (Å²) in [5.41, 5.74) is 0.562. The van der Waals surface area contributed by atoms with Crippen molar-refractivity contribution >= 4 is 15.8 Å². The molecule has 0 spiro atoms. The first-order valence-electron chi connectivity index (χ1n) is 6.61. The third kappa shape index (κ3) is 4.29. The Morgan fingerprint density at radius 3 is 2.30 bits per heavy atom. The molecule has 0 saturated carbocycles. The maximum atomic E-state index is 13.7. The van der Waals surface area contributed by atoms with Crippen molar-refractivity contribution in [2.24, 2.45) is 0 Å². The Morgan fingerprint density at radius 2 is 1.78 bits per heavy atom. The van der Waals surface area contributed by atoms with Gasteiger partial charge < -0.3 is 9.47 Å². The van der Waals surface area contributed by atoms with Gasteiger partial charge in [0.05, 0.1) is 17.6 Å². The number of halogens is 1. The molecule has 2 aromatic rings. The number of benzene rings is 2. The molecular weight excluding hydrogens is 323 g/mol. The molecule has 0 heterocycles. The van der Waals surface area contributed by atoms with Crippen LogP contribution in [0.5, 0.6) is 5.75 Å². The SMILES string of the molecule is COC(=O)c1ccc(OCc2ccc(S(C)(=O)=O)cc2)cc1F. The summed E-state index contributed by atoms with van der Waals surface area (Å²) in [5.74, 6) is -1.24. The summed E-state index contributed by atoms with van der Waals surface area (Å²) in [6.07, 6.45) is 1.13. The smallest absolute Gasteiger partial charge is 0.340 e. The average Bonchev–Trinajstić information content (AvgIpc) is 2.52. The van der Waals surface area contributed by atoms with Crippen LogP contribution in [0.15, 0.2) is 47.4 Å². The monoisotopic (exact) mass is 338 g/mol. The molecule has 23 heavy (non-hydrogen) atoms. The lowest BCUT2D eigenvalue weighted by atomic mass is 10.2. The van der Waals surface area contributed by atoms with Crippen molar-refractivity contribution in [3.63, 3.8) is 0 Å². The van der Waals surface area contributed by atoms with Crippen molar-refractivity contribution in [3.8, 4) is 5.75 Å². The van der Waals surface area contributed by atoms with Crippen molar-refractivity contribution in [2.45, 2.75) is 11.5 Å². The van der Waals surface area contributed by atoms with Gasteiger partial charge in [0.25, 0.3) is 0 Å². The predicted molar refractivity (Wildman–Crippen MR) is 81.6 cm³/mol. The van der Waals surface area contributed by atoms with Gasteiger partial charge in [-0.25, -0.2) is 17.6 Å². The minimum atomic E-state index is -3.24. The van der Waals surface area contributed by atoms with Gasteiger partial charge in [-0.1, -0.05) is 12.1 Å². The van der Waals surface area contributed by atoms with Crippen molar-refractivity contribution in [1.29, 1.82) is 0 Å². The topological polar surface area (TPSA) is 69.7 Å². The highest BCUT2D eigenvalue weighted by Gasteiger charge is 2.13. The minimum absolute atomic E-state index is 0.140. The number of sulfone groups is 1. The van der Waals surface area contributed by atoms with Gasteiger partial charge in [-0.2, -0.15) is 0 Å². The number of esters is 1. The highest BCUT2D eigenvalue weighted by atomic mass is 32.2. The van der Waals surface area contributed by atoms with Crippen LogP contribution in [0.3, 0.4) is 0 Å². The first kappa shape index (κ1) is 17.0. The maximum absolute atomic E-state index is 13.7. The van der Waals surface area contributed by atoms with Crippen LogP contribution >= 0.6 is 0 Å². The van der Waals surface area contributed by atoms with Gasteiger partial charge in [0.2, 0.25) is 0 Å². The van der Waals surface area contributed by atoms with E-state index in [1.165, 1.54) is 31.4 Å². The van der Waals surface area contributed by atoms with E-state index >= 15 is 0 Å². The molecular formula is C16H15FO5S. The Bertz CT molecular complexity index is 813. The number of methoxy groups -OCH3 is 1. The summed E-state index contributed by atoms with van der Waals surface area (Å²) in [4.78, 5) is 11.5. The molecule has 2 aromatic carbocycles. The quantitative estimate of drug-likeness (QED) is 0.784. The molecule has 0 atom stereocenters. The van der Waals surface area contributed by atoms with Gasteiger partial charge >= 0.3 is 5.97 Å². The minimum Gasteiger partial charge on any atom is -0.489 e. The Hall–Kier alpha value is -2.41. The van der Waals surface area contributed by atoms with Crippen molar-refractivity contribution < 1.29 is 27.1 Å². The summed E-state index contributed by atoms with van der Waals surface area (Å²) in [7, 11) is -2.07. The number of hydrogen-bond acceptors (Lipinski definition) is 5. The van der Waals surface area contributed by atoms with Crippen molar-refractivity contribution in [1.82, 2.24) is 0 Å². The van der Waals surface area contributed by atoms with E-state index in [0.717, 1.165) is 17.9 Å². The van der Waals surface area contributed by atoms with Crippen LogP contribution < -0.4 is 4.74 Å². The molecule has 0 aliphatic carbocycles. The van der Waals surface area contributed by atoms with E-state index in [9.17, 15) is 17.6 Å². The van der Waals surface area contributed by atoms with Crippen LogP contribution in [0, 0.1) is 5.82 Å². The summed E-state index contributed by atoms with van der Waals surface area (Å²) >= 11 is 0. The molecule has 0 unspecified atom stereocenters. The molecule has 0 aromatic heterocycles. The molecule has 0 bridgehead atoms. The number of hydrogen-bond donors (Lipinski definition) is 0. The van der Waals surface area contributed by atoms with Crippen molar-refractivity contribution in [3.05, 3.63) is 59.4 Å². The van der Waals surface area contributed by atoms with Gasteiger partial charge in [0.15, 0.2) is 9.84 Å². The number of ether oxygens (including phenoxy) is 2. The molecule has 122 valence electrons. The van der Waals surface area contributed by atoms with Gasteiger partial charge in [-0.15, -0.1) is 0 Å². The van der Waals surface area contributed by atoms with Gasteiger partial charge in [-0.3, -0.25) is 0 Å². The molecule has 5 nitrogen and oxygen atoms in total. The van der Waals surface area contributed by atoms with Crippen molar-refractivity contribution in [2.75, 3.05) is 13.4 Å². The fraction of sp³-hybridized carbons (Fsp3) is 0.188. The fourth-order valence-corrected chi connectivity index (χ4v) is 2.49.